The second kappa shape index (κ2) is 6.35. The highest BCUT2D eigenvalue weighted by atomic mass is 32.1. The van der Waals surface area contributed by atoms with Crippen molar-refractivity contribution in [2.45, 2.75) is 31.6 Å². The highest BCUT2D eigenvalue weighted by Gasteiger charge is 2.30. The van der Waals surface area contributed by atoms with Gasteiger partial charge in [-0.25, -0.2) is 0 Å². The summed E-state index contributed by atoms with van der Waals surface area (Å²) in [5.74, 6) is 0.599. The van der Waals surface area contributed by atoms with Gasteiger partial charge in [-0.3, -0.25) is 4.79 Å². The summed E-state index contributed by atoms with van der Waals surface area (Å²) in [6, 6.07) is 8.40. The van der Waals surface area contributed by atoms with Crippen molar-refractivity contribution >= 4 is 39.5 Å². The molecule has 0 atom stereocenters. The van der Waals surface area contributed by atoms with Crippen molar-refractivity contribution in [1.29, 1.82) is 0 Å². The summed E-state index contributed by atoms with van der Waals surface area (Å²) in [6.45, 7) is 1.52. The predicted molar refractivity (Wildman–Crippen MR) is 99.5 cm³/mol. The maximum Gasteiger partial charge on any atom is 0.298 e. The van der Waals surface area contributed by atoms with Crippen LogP contribution in [0.15, 0.2) is 28.7 Å². The molecule has 8 heteroatoms. The molecule has 1 saturated heterocycles. The average molecular weight is 369 g/mol. The molecule has 0 unspecified atom stereocenters. The van der Waals surface area contributed by atoms with E-state index in [-0.39, 0.29) is 11.8 Å². The summed E-state index contributed by atoms with van der Waals surface area (Å²) < 4.78 is 5.83. The van der Waals surface area contributed by atoms with Crippen molar-refractivity contribution in [2.75, 3.05) is 23.3 Å². The van der Waals surface area contributed by atoms with Crippen LogP contribution in [-0.2, 0) is 4.79 Å². The van der Waals surface area contributed by atoms with Crippen molar-refractivity contribution in [3.63, 3.8) is 0 Å². The number of anilines is 2. The van der Waals surface area contributed by atoms with Crippen LogP contribution in [0.1, 0.15) is 36.6 Å². The zero-order chi connectivity index (χ0) is 17.5. The standard InChI is InChI=1S/C18H19N5O2S/c24-15(20-17-22-21-16(26-17)12-5-6-12)11-7-9-23(10-8-11)18-19-13-3-1-2-4-14(13)25-18/h1-4,11-12H,5-10H2,(H,20,22,24). The number of piperidine rings is 1. The Kier molecular flexibility index (Phi) is 3.85. The molecule has 1 amide bonds. The molecule has 2 aliphatic rings. The lowest BCUT2D eigenvalue weighted by atomic mass is 9.96. The maximum absolute atomic E-state index is 12.5. The fourth-order valence-corrected chi connectivity index (χ4v) is 4.23. The van der Waals surface area contributed by atoms with Crippen molar-refractivity contribution in [3.05, 3.63) is 29.3 Å². The molecule has 3 heterocycles. The first-order chi connectivity index (χ1) is 12.8. The van der Waals surface area contributed by atoms with E-state index in [1.807, 2.05) is 24.3 Å². The lowest BCUT2D eigenvalue weighted by Crippen LogP contribution is -2.38. The molecule has 1 aliphatic heterocycles. The van der Waals surface area contributed by atoms with Gasteiger partial charge in [0.05, 0.1) is 0 Å². The number of oxazole rings is 1. The van der Waals surface area contributed by atoms with E-state index >= 15 is 0 Å². The number of rotatable bonds is 4. The number of benzene rings is 1. The van der Waals surface area contributed by atoms with Gasteiger partial charge in [0.2, 0.25) is 11.0 Å². The first-order valence-electron chi connectivity index (χ1n) is 9.01. The van der Waals surface area contributed by atoms with Crippen molar-refractivity contribution in [2.24, 2.45) is 5.92 Å². The molecule has 5 rings (SSSR count). The van der Waals surface area contributed by atoms with Crippen LogP contribution in [-0.4, -0.2) is 34.2 Å². The molecule has 1 aromatic carbocycles. The smallest absolute Gasteiger partial charge is 0.298 e. The van der Waals surface area contributed by atoms with E-state index in [9.17, 15) is 4.79 Å². The molecule has 2 aromatic heterocycles. The number of hydrogen-bond acceptors (Lipinski definition) is 7. The number of hydrogen-bond donors (Lipinski definition) is 1. The Hall–Kier alpha value is -2.48. The van der Waals surface area contributed by atoms with Crippen LogP contribution in [0.4, 0.5) is 11.1 Å². The molecule has 134 valence electrons. The minimum absolute atomic E-state index is 0.0103. The molecule has 7 nitrogen and oxygen atoms in total. The van der Waals surface area contributed by atoms with Gasteiger partial charge in [0.15, 0.2) is 5.58 Å². The Balaban J connectivity index is 1.19. The van der Waals surface area contributed by atoms with Gasteiger partial charge in [0.25, 0.3) is 6.01 Å². The molecule has 0 bridgehead atoms. The van der Waals surface area contributed by atoms with Crippen LogP contribution in [0.2, 0.25) is 0 Å². The van der Waals surface area contributed by atoms with E-state index in [2.05, 4.69) is 25.4 Å². The summed E-state index contributed by atoms with van der Waals surface area (Å²) in [7, 11) is 0. The van der Waals surface area contributed by atoms with E-state index in [4.69, 9.17) is 4.42 Å². The van der Waals surface area contributed by atoms with Gasteiger partial charge < -0.3 is 14.6 Å². The third kappa shape index (κ3) is 3.05. The van der Waals surface area contributed by atoms with Crippen LogP contribution < -0.4 is 10.2 Å². The van der Waals surface area contributed by atoms with E-state index in [0.717, 1.165) is 42.0 Å². The van der Waals surface area contributed by atoms with E-state index in [1.54, 1.807) is 0 Å². The lowest BCUT2D eigenvalue weighted by Gasteiger charge is -2.29. The number of carbonyl (C=O) groups is 1. The van der Waals surface area contributed by atoms with E-state index < -0.39 is 0 Å². The Bertz CT molecular complexity index is 907. The largest absolute Gasteiger partial charge is 0.423 e. The molecule has 1 aliphatic carbocycles. The molecular formula is C18H19N5O2S. The number of para-hydroxylation sites is 2. The van der Waals surface area contributed by atoms with Gasteiger partial charge in [-0.15, -0.1) is 10.2 Å². The molecule has 0 radical (unpaired) electrons. The average Bonchev–Trinajstić information content (AvgIpc) is 3.26. The third-order valence-electron chi connectivity index (χ3n) is 5.02. The Morgan fingerprint density at radius 1 is 1.15 bits per heavy atom. The third-order valence-corrected chi connectivity index (χ3v) is 6.02. The fraction of sp³-hybridized carbons (Fsp3) is 0.444. The maximum atomic E-state index is 12.5. The molecule has 1 saturated carbocycles. The monoisotopic (exact) mass is 369 g/mol. The summed E-state index contributed by atoms with van der Waals surface area (Å²) in [5.41, 5.74) is 1.66. The summed E-state index contributed by atoms with van der Waals surface area (Å²) in [5, 5.41) is 12.9. The van der Waals surface area contributed by atoms with Crippen LogP contribution in [0.25, 0.3) is 11.1 Å². The van der Waals surface area contributed by atoms with Crippen molar-refractivity contribution in [1.82, 2.24) is 15.2 Å². The number of amides is 1. The van der Waals surface area contributed by atoms with Gasteiger partial charge in [0, 0.05) is 24.9 Å². The second-order valence-corrected chi connectivity index (χ2v) is 7.94. The lowest BCUT2D eigenvalue weighted by molar-refractivity contribution is -0.120. The van der Waals surface area contributed by atoms with Crippen LogP contribution in [0.5, 0.6) is 0 Å². The minimum atomic E-state index is -0.0103. The van der Waals surface area contributed by atoms with E-state index in [1.165, 1.54) is 24.2 Å². The molecule has 3 aromatic rings. The SMILES string of the molecule is O=C(Nc1nnc(C2CC2)s1)C1CCN(c2nc3ccccc3o2)CC1. The zero-order valence-electron chi connectivity index (χ0n) is 14.2. The van der Waals surface area contributed by atoms with Gasteiger partial charge in [-0.1, -0.05) is 23.5 Å². The first kappa shape index (κ1) is 15.7. The van der Waals surface area contributed by atoms with Gasteiger partial charge in [-0.2, -0.15) is 4.98 Å². The van der Waals surface area contributed by atoms with Gasteiger partial charge in [-0.05, 0) is 37.8 Å². The predicted octanol–water partition coefficient (Wildman–Crippen LogP) is 3.41. The van der Waals surface area contributed by atoms with E-state index in [0.29, 0.717) is 17.1 Å². The zero-order valence-corrected chi connectivity index (χ0v) is 15.0. The number of carbonyl (C=O) groups excluding carboxylic acids is 1. The number of fused-ring (bicyclic) bond motifs is 1. The van der Waals surface area contributed by atoms with Gasteiger partial charge >= 0.3 is 0 Å². The Morgan fingerprint density at radius 2 is 1.96 bits per heavy atom. The summed E-state index contributed by atoms with van der Waals surface area (Å²) in [6.07, 6.45) is 3.94. The molecule has 1 N–H and O–H groups in total. The minimum Gasteiger partial charge on any atom is -0.423 e. The molecule has 26 heavy (non-hydrogen) atoms. The molecule has 0 spiro atoms. The van der Waals surface area contributed by atoms with Crippen LogP contribution in [0.3, 0.4) is 0 Å². The van der Waals surface area contributed by atoms with Crippen LogP contribution in [0, 0.1) is 5.92 Å². The number of nitrogens with one attached hydrogen (secondary N) is 1. The Morgan fingerprint density at radius 3 is 2.73 bits per heavy atom. The fourth-order valence-electron chi connectivity index (χ4n) is 3.32. The van der Waals surface area contributed by atoms with Crippen molar-refractivity contribution in [3.8, 4) is 0 Å². The number of aromatic nitrogens is 3. The Labute approximate surface area is 154 Å². The molecule has 2 fully saturated rings. The second-order valence-electron chi connectivity index (χ2n) is 6.93. The van der Waals surface area contributed by atoms with Crippen LogP contribution >= 0.6 is 11.3 Å². The first-order valence-corrected chi connectivity index (χ1v) is 9.83. The number of nitrogens with zero attached hydrogens (tertiary/aromatic N) is 4. The normalized spacial score (nSPS) is 18.4. The summed E-state index contributed by atoms with van der Waals surface area (Å²) in [4.78, 5) is 19.2. The molecular weight excluding hydrogens is 350 g/mol. The topological polar surface area (TPSA) is 84.2 Å². The highest BCUT2D eigenvalue weighted by molar-refractivity contribution is 7.15. The van der Waals surface area contributed by atoms with Crippen molar-refractivity contribution < 1.29 is 9.21 Å². The summed E-state index contributed by atoms with van der Waals surface area (Å²) >= 11 is 1.51. The highest BCUT2D eigenvalue weighted by Crippen LogP contribution is 2.42. The quantitative estimate of drug-likeness (QED) is 0.759. The van der Waals surface area contributed by atoms with Gasteiger partial charge in [0.1, 0.15) is 10.5 Å².